The summed E-state index contributed by atoms with van der Waals surface area (Å²) in [7, 11) is 2.90. The Balaban J connectivity index is 1.67. The molecule has 0 atom stereocenters. The van der Waals surface area contributed by atoms with Crippen molar-refractivity contribution in [3.8, 4) is 28.7 Å². The van der Waals surface area contributed by atoms with Crippen LogP contribution >= 0.6 is 11.3 Å². The molecular formula is C26H20FN3O4S. The van der Waals surface area contributed by atoms with Crippen LogP contribution in [0.15, 0.2) is 86.6 Å². The van der Waals surface area contributed by atoms with Gasteiger partial charge in [0.25, 0.3) is 0 Å². The summed E-state index contributed by atoms with van der Waals surface area (Å²) in [6.45, 7) is 0. The van der Waals surface area contributed by atoms with Crippen molar-refractivity contribution in [2.75, 3.05) is 14.2 Å². The van der Waals surface area contributed by atoms with Crippen molar-refractivity contribution in [2.24, 2.45) is 10.1 Å². The minimum absolute atomic E-state index is 0.103. The Morgan fingerprint density at radius 1 is 1.00 bits per heavy atom. The molecule has 0 radical (unpaired) electrons. The first-order valence-electron chi connectivity index (χ1n) is 10.6. The SMILES string of the molecule is COc1cc(C=Nn2c(-c3cc4ccccc4o3)csc2=Nc2ccccc2F)cc(OC)c1O. The van der Waals surface area contributed by atoms with Crippen LogP contribution in [0.1, 0.15) is 5.56 Å². The number of phenols is 1. The first-order chi connectivity index (χ1) is 17.1. The van der Waals surface area contributed by atoms with E-state index < -0.39 is 5.82 Å². The molecule has 5 rings (SSSR count). The minimum Gasteiger partial charge on any atom is -0.502 e. The van der Waals surface area contributed by atoms with Gasteiger partial charge in [-0.05, 0) is 36.4 Å². The molecular weight excluding hydrogens is 469 g/mol. The van der Waals surface area contributed by atoms with Crippen molar-refractivity contribution < 1.29 is 23.4 Å². The zero-order valence-corrected chi connectivity index (χ0v) is 19.6. The molecule has 3 aromatic carbocycles. The lowest BCUT2D eigenvalue weighted by Gasteiger charge is -2.09. The molecule has 176 valence electrons. The van der Waals surface area contributed by atoms with Crippen LogP contribution in [0, 0.1) is 5.82 Å². The first kappa shape index (κ1) is 22.4. The van der Waals surface area contributed by atoms with Crippen LogP contribution in [-0.4, -0.2) is 30.2 Å². The molecule has 5 aromatic rings. The summed E-state index contributed by atoms with van der Waals surface area (Å²) in [6, 6.07) is 19.1. The zero-order valence-electron chi connectivity index (χ0n) is 18.8. The number of ether oxygens (including phenoxy) is 2. The molecule has 9 heteroatoms. The van der Waals surface area contributed by atoms with Crippen molar-refractivity contribution in [1.29, 1.82) is 0 Å². The van der Waals surface area contributed by atoms with E-state index in [4.69, 9.17) is 13.9 Å². The van der Waals surface area contributed by atoms with Gasteiger partial charge in [0.2, 0.25) is 10.6 Å². The Morgan fingerprint density at radius 3 is 2.43 bits per heavy atom. The summed E-state index contributed by atoms with van der Waals surface area (Å²) in [6.07, 6.45) is 1.57. The van der Waals surface area contributed by atoms with E-state index in [1.54, 1.807) is 41.2 Å². The summed E-state index contributed by atoms with van der Waals surface area (Å²) in [4.78, 5) is 4.94. The van der Waals surface area contributed by atoms with Gasteiger partial charge in [-0.25, -0.2) is 14.1 Å². The van der Waals surface area contributed by atoms with Crippen LogP contribution in [0.3, 0.4) is 0 Å². The standard InChI is InChI=1S/C26H20FN3O4S/c1-32-23-11-16(12-24(33-2)25(23)31)14-28-30-20(22-13-17-7-3-6-10-21(17)34-22)15-35-26(30)29-19-9-5-4-8-18(19)27/h3-15,31H,1-2H3. The molecule has 0 unspecified atom stereocenters. The summed E-state index contributed by atoms with van der Waals surface area (Å²) < 4.78 is 32.4. The van der Waals surface area contributed by atoms with Crippen LogP contribution in [0.4, 0.5) is 10.1 Å². The number of phenolic OH excluding ortho intramolecular Hbond substituents is 1. The predicted octanol–water partition coefficient (Wildman–Crippen LogP) is 5.94. The second-order valence-corrected chi connectivity index (χ2v) is 8.28. The van der Waals surface area contributed by atoms with Crippen molar-refractivity contribution in [3.05, 3.63) is 88.3 Å². The van der Waals surface area contributed by atoms with Gasteiger partial charge in [0.05, 0.1) is 20.4 Å². The molecule has 0 fully saturated rings. The number of nitrogens with zero attached hydrogens (tertiary/aromatic N) is 3. The van der Waals surface area contributed by atoms with Crippen LogP contribution in [-0.2, 0) is 0 Å². The number of para-hydroxylation sites is 2. The number of aromatic nitrogens is 1. The lowest BCUT2D eigenvalue weighted by atomic mass is 10.2. The molecule has 2 heterocycles. The number of methoxy groups -OCH3 is 2. The van der Waals surface area contributed by atoms with Gasteiger partial charge in [-0.3, -0.25) is 0 Å². The van der Waals surface area contributed by atoms with Crippen molar-refractivity contribution in [1.82, 2.24) is 4.68 Å². The van der Waals surface area contributed by atoms with Gasteiger partial charge in [0, 0.05) is 16.3 Å². The second-order valence-electron chi connectivity index (χ2n) is 7.45. The Kier molecular flexibility index (Phi) is 6.07. The van der Waals surface area contributed by atoms with Gasteiger partial charge in [-0.2, -0.15) is 5.10 Å². The lowest BCUT2D eigenvalue weighted by Crippen LogP contribution is -2.11. The second kappa shape index (κ2) is 9.47. The molecule has 35 heavy (non-hydrogen) atoms. The van der Waals surface area contributed by atoms with E-state index in [1.165, 1.54) is 31.6 Å². The van der Waals surface area contributed by atoms with E-state index in [1.807, 2.05) is 35.7 Å². The van der Waals surface area contributed by atoms with E-state index >= 15 is 0 Å². The molecule has 0 saturated heterocycles. The summed E-state index contributed by atoms with van der Waals surface area (Å²) in [5, 5.41) is 17.6. The van der Waals surface area contributed by atoms with Crippen molar-refractivity contribution in [2.45, 2.75) is 0 Å². The van der Waals surface area contributed by atoms with Crippen LogP contribution in [0.5, 0.6) is 17.2 Å². The first-order valence-corrected chi connectivity index (χ1v) is 11.4. The third-order valence-corrected chi connectivity index (χ3v) is 6.07. The Bertz CT molecular complexity index is 1560. The van der Waals surface area contributed by atoms with E-state index in [9.17, 15) is 9.50 Å². The zero-order chi connectivity index (χ0) is 24.4. The Morgan fingerprint density at radius 2 is 1.71 bits per heavy atom. The van der Waals surface area contributed by atoms with Crippen LogP contribution in [0.25, 0.3) is 22.4 Å². The smallest absolute Gasteiger partial charge is 0.211 e. The number of benzene rings is 3. The molecule has 0 bridgehead atoms. The molecule has 0 spiro atoms. The summed E-state index contributed by atoms with van der Waals surface area (Å²) in [5.74, 6) is 0.545. The molecule has 2 aromatic heterocycles. The number of rotatable bonds is 6. The molecule has 0 aliphatic heterocycles. The average Bonchev–Trinajstić information content (AvgIpc) is 3.48. The number of furan rings is 1. The third-order valence-electron chi connectivity index (χ3n) is 5.26. The van der Waals surface area contributed by atoms with E-state index in [0.29, 0.717) is 21.8 Å². The fraction of sp³-hybridized carbons (Fsp3) is 0.0769. The molecule has 0 aliphatic rings. The van der Waals surface area contributed by atoms with E-state index in [2.05, 4.69) is 10.1 Å². The quantitative estimate of drug-likeness (QED) is 0.299. The minimum atomic E-state index is -0.435. The highest BCUT2D eigenvalue weighted by atomic mass is 32.1. The molecule has 1 N–H and O–H groups in total. The number of halogens is 1. The van der Waals surface area contributed by atoms with Crippen molar-refractivity contribution >= 4 is 34.2 Å². The average molecular weight is 490 g/mol. The van der Waals surface area contributed by atoms with Crippen molar-refractivity contribution in [3.63, 3.8) is 0 Å². The maximum absolute atomic E-state index is 14.3. The largest absolute Gasteiger partial charge is 0.502 e. The number of aromatic hydroxyl groups is 1. The van der Waals surface area contributed by atoms with Gasteiger partial charge in [-0.15, -0.1) is 11.3 Å². The summed E-state index contributed by atoms with van der Waals surface area (Å²) in [5.41, 5.74) is 2.20. The molecule has 0 amide bonds. The molecule has 0 aliphatic carbocycles. The highest BCUT2D eigenvalue weighted by molar-refractivity contribution is 7.07. The fourth-order valence-corrected chi connectivity index (χ4v) is 4.35. The van der Waals surface area contributed by atoms with Gasteiger partial charge in [0.15, 0.2) is 17.3 Å². The Labute approximate surface area is 203 Å². The fourth-order valence-electron chi connectivity index (χ4n) is 3.53. The third kappa shape index (κ3) is 4.41. The number of hydrogen-bond acceptors (Lipinski definition) is 7. The maximum atomic E-state index is 14.3. The highest BCUT2D eigenvalue weighted by Gasteiger charge is 2.14. The van der Waals surface area contributed by atoms with Gasteiger partial charge >= 0.3 is 0 Å². The highest BCUT2D eigenvalue weighted by Crippen LogP contribution is 2.36. The van der Waals surface area contributed by atoms with E-state index in [0.717, 1.165) is 11.0 Å². The molecule has 0 saturated carbocycles. The number of thiazole rings is 1. The van der Waals surface area contributed by atoms with Gasteiger partial charge in [-0.1, -0.05) is 30.3 Å². The predicted molar refractivity (Wildman–Crippen MR) is 133 cm³/mol. The number of hydrogen-bond donors (Lipinski definition) is 1. The van der Waals surface area contributed by atoms with Crippen LogP contribution in [0.2, 0.25) is 0 Å². The monoisotopic (exact) mass is 489 g/mol. The normalized spacial score (nSPS) is 12.0. The topological polar surface area (TPSA) is 81.5 Å². The van der Waals surface area contributed by atoms with Gasteiger partial charge in [0.1, 0.15) is 22.8 Å². The van der Waals surface area contributed by atoms with Crippen LogP contribution < -0.4 is 14.3 Å². The lowest BCUT2D eigenvalue weighted by molar-refractivity contribution is 0.340. The molecule has 7 nitrogen and oxygen atoms in total. The number of fused-ring (bicyclic) bond motifs is 1. The van der Waals surface area contributed by atoms with E-state index in [-0.39, 0.29) is 22.9 Å². The summed E-state index contributed by atoms with van der Waals surface area (Å²) >= 11 is 1.30. The maximum Gasteiger partial charge on any atom is 0.211 e. The Hall–Kier alpha value is -4.37. The van der Waals surface area contributed by atoms with Gasteiger partial charge < -0.3 is 19.0 Å².